The van der Waals surface area contributed by atoms with Crippen molar-refractivity contribution in [3.63, 3.8) is 0 Å². The molecule has 0 aromatic heterocycles. The molecule has 0 heterocycles. The van der Waals surface area contributed by atoms with E-state index in [0.717, 1.165) is 0 Å². The van der Waals surface area contributed by atoms with Crippen LogP contribution in [0.1, 0.15) is 18.5 Å². The summed E-state index contributed by atoms with van der Waals surface area (Å²) in [6.07, 6.45) is -1.66. The zero-order valence-corrected chi connectivity index (χ0v) is 6.15. The van der Waals surface area contributed by atoms with Crippen molar-refractivity contribution in [1.82, 2.24) is 5.31 Å². The smallest absolute Gasteiger partial charge is 0.293 e. The molecule has 0 spiro atoms. The monoisotopic (exact) mass is 175 g/mol. The fraction of sp³-hybridized carbons (Fsp3) is 0.333. The van der Waals surface area contributed by atoms with E-state index < -0.39 is 19.6 Å². The van der Waals surface area contributed by atoms with Crippen molar-refractivity contribution >= 4 is 0 Å². The van der Waals surface area contributed by atoms with Crippen LogP contribution in [0.25, 0.3) is 0 Å². The van der Waals surface area contributed by atoms with Crippen LogP contribution in [0.15, 0.2) is 24.3 Å². The summed E-state index contributed by atoms with van der Waals surface area (Å²) >= 11 is 0. The van der Waals surface area contributed by atoms with Gasteiger partial charge in [-0.05, 0) is 24.7 Å². The van der Waals surface area contributed by atoms with E-state index in [1.54, 1.807) is 0 Å². The molecule has 0 aliphatic heterocycles. The summed E-state index contributed by atoms with van der Waals surface area (Å²) in [6, 6.07) is 5.48. The Hall–Kier alpha value is -1.06. The van der Waals surface area contributed by atoms with Gasteiger partial charge >= 0.3 is 0 Å². The van der Waals surface area contributed by atoms with Crippen LogP contribution < -0.4 is 5.31 Å². The van der Waals surface area contributed by atoms with Crippen molar-refractivity contribution in [2.45, 2.75) is 6.10 Å². The molecule has 1 aromatic rings. The fourth-order valence-corrected chi connectivity index (χ4v) is 0.811. The molecule has 3 heteroatoms. The number of benzene rings is 1. The van der Waals surface area contributed by atoms with E-state index in [9.17, 15) is 0 Å². The first-order valence-corrected chi connectivity index (χ1v) is 3.29. The lowest BCUT2D eigenvalue weighted by Gasteiger charge is -2.09. The van der Waals surface area contributed by atoms with Crippen molar-refractivity contribution in [2.75, 3.05) is 13.5 Å². The van der Waals surface area contributed by atoms with Crippen LogP contribution in [0.5, 0.6) is 5.75 Å². The summed E-state index contributed by atoms with van der Waals surface area (Å²) < 4.78 is 57.7. The largest absolute Gasteiger partial charge is 0.508 e. The summed E-state index contributed by atoms with van der Waals surface area (Å²) in [4.78, 5) is 0. The first-order chi connectivity index (χ1) is 9.14. The summed E-state index contributed by atoms with van der Waals surface area (Å²) in [5.41, 5.74) is 0.0799. The number of phenols is 1. The van der Waals surface area contributed by atoms with E-state index in [0.29, 0.717) is 0 Å². The molecule has 1 atom stereocenters. The maximum Gasteiger partial charge on any atom is 0.293 e. The predicted molar refractivity (Wildman–Crippen MR) is 47.0 cm³/mol. The third kappa shape index (κ3) is 2.22. The molecule has 12 heavy (non-hydrogen) atoms. The first kappa shape index (κ1) is 3.01. The highest BCUT2D eigenvalue weighted by Gasteiger charge is 2.05. The van der Waals surface area contributed by atoms with Gasteiger partial charge in [0.15, 0.2) is 0 Å². The molecular formula is C9H13NO2. The molecule has 0 aliphatic rings. The van der Waals surface area contributed by atoms with Crippen LogP contribution in [0, 0.1) is 0 Å². The van der Waals surface area contributed by atoms with Gasteiger partial charge in [0.25, 0.3) is 1.43 Å². The second-order valence-electron chi connectivity index (χ2n) is 2.19. The Morgan fingerprint density at radius 3 is 3.67 bits per heavy atom. The standard InChI is InChI=1S/C9H13NO2/c1-10-6-9(12)7-3-2-4-8(11)5-7/h2-5,9-12H,6H2,1H3/i1D3,6D2,12D/hD2. The predicted octanol–water partition coefficient (Wildman–Crippen LogP) is 0.645. The maximum atomic E-state index is 7.72. The van der Waals surface area contributed by atoms with E-state index in [1.807, 2.05) is 0 Å². The number of aromatic hydroxyl groups is 1. The molecule has 0 saturated heterocycles. The van der Waals surface area contributed by atoms with E-state index in [1.165, 1.54) is 24.3 Å². The molecule has 0 fully saturated rings. The van der Waals surface area contributed by atoms with Gasteiger partial charge in [-0.25, -0.2) is 0 Å². The number of rotatable bonds is 5. The minimum Gasteiger partial charge on any atom is -0.508 e. The van der Waals surface area contributed by atoms with E-state index in [2.05, 4.69) is 10.2 Å². The highest BCUT2D eigenvalue weighted by molar-refractivity contribution is 5.28. The van der Waals surface area contributed by atoms with Gasteiger partial charge in [0.1, 0.15) is 7.16 Å². The van der Waals surface area contributed by atoms with Gasteiger partial charge in [0.05, 0.1) is 6.10 Å². The molecule has 0 amide bonds. The Kier molecular flexibility index (Phi) is 1.03. The average Bonchev–Trinajstić information content (AvgIpc) is 2.37. The highest BCUT2D eigenvalue weighted by atomic mass is 16.3. The van der Waals surface area contributed by atoms with Crippen LogP contribution in [-0.4, -0.2) is 26.6 Å². The maximum absolute atomic E-state index is 7.72. The number of hydrogen-bond donors (Lipinski definition) is 3. The van der Waals surface area contributed by atoms with E-state index in [-0.39, 0.29) is 16.6 Å². The number of aliphatic hydroxyl groups is 1. The van der Waals surface area contributed by atoms with Crippen LogP contribution in [0.3, 0.4) is 0 Å². The summed E-state index contributed by atoms with van der Waals surface area (Å²) in [5.74, 6) is 0.0748. The molecule has 66 valence electrons. The van der Waals surface area contributed by atoms with Crippen LogP contribution in [0.2, 0.25) is 1.41 Å². The van der Waals surface area contributed by atoms with E-state index in [4.69, 9.17) is 11.1 Å². The third-order valence-electron chi connectivity index (χ3n) is 1.34. The van der Waals surface area contributed by atoms with Gasteiger partial charge in [-0.15, -0.1) is 0 Å². The van der Waals surface area contributed by atoms with Crippen molar-refractivity contribution in [1.29, 1.82) is 2.86 Å². The number of phenolic OH excluding ortho intramolecular Hbond substituents is 1. The minimum absolute atomic E-state index is 0.0748. The van der Waals surface area contributed by atoms with Gasteiger partial charge in [-0.1, -0.05) is 12.1 Å². The Morgan fingerprint density at radius 2 is 2.92 bits per heavy atom. The average molecular weight is 175 g/mol. The number of hydrogen-bond acceptors (Lipinski definition) is 3. The Morgan fingerprint density at radius 1 is 1.92 bits per heavy atom. The Labute approximate surface area is 83.1 Å². The van der Waals surface area contributed by atoms with Crippen molar-refractivity contribution in [3.05, 3.63) is 29.8 Å². The topological polar surface area (TPSA) is 52.5 Å². The molecule has 0 saturated carbocycles. The third-order valence-corrected chi connectivity index (χ3v) is 1.34. The quantitative estimate of drug-likeness (QED) is 0.615. The highest BCUT2D eigenvalue weighted by Crippen LogP contribution is 2.17. The normalized spacial score (nSPS) is 24.8. The Bertz CT molecular complexity index is 452. The summed E-state index contributed by atoms with van der Waals surface area (Å²) in [6.45, 7) is -5.79. The lowest BCUT2D eigenvalue weighted by Crippen LogP contribution is -2.16. The van der Waals surface area contributed by atoms with Gasteiger partial charge in [0.2, 0.25) is 1.43 Å². The number of nitrogens with one attached hydrogen (secondary N) is 1. The zero-order valence-electron chi connectivity index (χ0n) is 14.2. The second kappa shape index (κ2) is 4.09. The summed E-state index contributed by atoms with van der Waals surface area (Å²) in [7, 11) is 0. The molecule has 3 N–H and O–H groups in total. The molecule has 1 unspecified atom stereocenters. The molecule has 0 bridgehead atoms. The SMILES string of the molecule is [2H]Oc1cccc(C(O[2H])C([2H])([2H])N([2H])C([2H])([2H])[2H])c1. The zero-order chi connectivity index (χ0) is 15.6. The minimum atomic E-state index is -3.01. The van der Waals surface area contributed by atoms with Gasteiger partial charge in [-0.3, -0.25) is 0 Å². The van der Waals surface area contributed by atoms with Gasteiger partial charge in [0, 0.05) is 13.4 Å². The van der Waals surface area contributed by atoms with Crippen molar-refractivity contribution < 1.29 is 18.5 Å². The number of aliphatic hydroxyl groups excluding tert-OH is 1. The van der Waals surface area contributed by atoms with E-state index >= 15 is 0 Å². The van der Waals surface area contributed by atoms with Crippen LogP contribution >= 0.6 is 0 Å². The second-order valence-corrected chi connectivity index (χ2v) is 2.19. The van der Waals surface area contributed by atoms with Crippen molar-refractivity contribution in [3.8, 4) is 5.75 Å². The molecule has 1 aromatic carbocycles. The molecule has 3 nitrogen and oxygen atoms in total. The van der Waals surface area contributed by atoms with Gasteiger partial charge < -0.3 is 15.5 Å². The van der Waals surface area contributed by atoms with Gasteiger partial charge in [-0.2, -0.15) is 0 Å². The molecular weight excluding hydrogens is 154 g/mol. The fourth-order valence-electron chi connectivity index (χ4n) is 0.811. The molecule has 0 aliphatic carbocycles. The first-order valence-electron chi connectivity index (χ1n) is 7.05. The van der Waals surface area contributed by atoms with Crippen molar-refractivity contribution in [2.24, 2.45) is 0 Å². The molecule has 0 radical (unpaired) electrons. The van der Waals surface area contributed by atoms with Crippen LogP contribution in [-0.2, 0) is 0 Å². The van der Waals surface area contributed by atoms with Crippen LogP contribution in [0.4, 0.5) is 0 Å². The lowest BCUT2D eigenvalue weighted by molar-refractivity contribution is 0.177. The molecule has 1 rings (SSSR count). The Balaban J connectivity index is 3.16. The number of likely N-dealkylation sites (N-methyl/N-ethyl adjacent to an activating group) is 1. The lowest BCUT2D eigenvalue weighted by atomic mass is 10.1. The summed E-state index contributed by atoms with van der Waals surface area (Å²) in [5, 5.41) is 8.26.